The van der Waals surface area contributed by atoms with Gasteiger partial charge in [-0.15, -0.1) is 22.7 Å². The minimum Gasteiger partial charge on any atom is -0.278 e. The quantitative estimate of drug-likeness (QED) is 0.180. The number of anilines is 3. The highest BCUT2D eigenvalue weighted by Gasteiger charge is 2.53. The van der Waals surface area contributed by atoms with Crippen LogP contribution in [0.1, 0.15) is 22.3 Å². The van der Waals surface area contributed by atoms with E-state index in [-0.39, 0.29) is 0 Å². The molecule has 6 heteroatoms. The van der Waals surface area contributed by atoms with Gasteiger partial charge in [-0.25, -0.2) is 4.98 Å². The van der Waals surface area contributed by atoms with Gasteiger partial charge in [0.2, 0.25) is 5.95 Å². The third-order valence-electron chi connectivity index (χ3n) is 11.5. The van der Waals surface area contributed by atoms with Gasteiger partial charge in [-0.2, -0.15) is 9.97 Å². The molecule has 4 nitrogen and oxygen atoms in total. The molecule has 0 fully saturated rings. The van der Waals surface area contributed by atoms with Crippen LogP contribution in [0.2, 0.25) is 0 Å². The largest absolute Gasteiger partial charge is 0.278 e. The zero-order chi connectivity index (χ0) is 36.8. The fourth-order valence-electron chi connectivity index (χ4n) is 8.96. The lowest BCUT2D eigenvalue weighted by Gasteiger charge is -2.44. The standard InChI is InChI=1S/C50H30N4S2/c1-3-11-31(12-4-1)32-19-21-34(22-20-32)48-51-47(33-13-5-2-6-14-33)52-49(53-48)54-43-29-37-17-9-7-15-35(37)27-41(43)50(39-23-25-55-45(39)46-40(50)24-26-56-46)42-28-36-16-8-10-18-38(36)30-44(42)54/h1-30H. The second-order valence-corrected chi connectivity index (χ2v) is 16.3. The Morgan fingerprint density at radius 3 is 1.30 bits per heavy atom. The Bertz CT molecular complexity index is 3020. The lowest BCUT2D eigenvalue weighted by molar-refractivity contribution is 0.755. The van der Waals surface area contributed by atoms with E-state index in [1.807, 2.05) is 46.9 Å². The third-order valence-corrected chi connectivity index (χ3v) is 13.5. The normalized spacial score (nSPS) is 13.5. The Kier molecular flexibility index (Phi) is 6.85. The van der Waals surface area contributed by atoms with Crippen LogP contribution >= 0.6 is 22.7 Å². The van der Waals surface area contributed by atoms with Crippen molar-refractivity contribution >= 4 is 61.5 Å². The summed E-state index contributed by atoms with van der Waals surface area (Å²) in [6.07, 6.45) is 0. The summed E-state index contributed by atoms with van der Waals surface area (Å²) in [7, 11) is 0. The van der Waals surface area contributed by atoms with E-state index in [9.17, 15) is 0 Å². The van der Waals surface area contributed by atoms with Crippen LogP contribution in [0.3, 0.4) is 0 Å². The molecule has 12 rings (SSSR count). The summed E-state index contributed by atoms with van der Waals surface area (Å²) in [5.74, 6) is 1.83. The van der Waals surface area contributed by atoms with Crippen molar-refractivity contribution in [2.24, 2.45) is 0 Å². The Labute approximate surface area is 331 Å². The molecule has 262 valence electrons. The van der Waals surface area contributed by atoms with Crippen molar-refractivity contribution in [3.05, 3.63) is 203 Å². The Morgan fingerprint density at radius 1 is 0.375 bits per heavy atom. The van der Waals surface area contributed by atoms with Crippen LogP contribution in [0.4, 0.5) is 17.3 Å². The molecule has 3 aromatic heterocycles. The maximum Gasteiger partial charge on any atom is 0.238 e. The molecule has 2 aliphatic rings. The molecule has 1 spiro atoms. The van der Waals surface area contributed by atoms with Gasteiger partial charge in [-0.05, 0) is 102 Å². The smallest absolute Gasteiger partial charge is 0.238 e. The maximum absolute atomic E-state index is 5.40. The first-order chi connectivity index (χ1) is 27.7. The maximum atomic E-state index is 5.40. The van der Waals surface area contributed by atoms with Crippen LogP contribution in [0.25, 0.3) is 65.2 Å². The fourth-order valence-corrected chi connectivity index (χ4v) is 11.1. The van der Waals surface area contributed by atoms with Gasteiger partial charge in [-0.1, -0.05) is 133 Å². The Hall–Kier alpha value is -6.73. The number of aromatic nitrogens is 3. The molecule has 0 bridgehead atoms. The highest BCUT2D eigenvalue weighted by Crippen LogP contribution is 2.66. The second-order valence-electron chi connectivity index (χ2n) is 14.4. The lowest BCUT2D eigenvalue weighted by Crippen LogP contribution is -2.36. The molecular weight excluding hydrogens is 721 g/mol. The monoisotopic (exact) mass is 750 g/mol. The van der Waals surface area contributed by atoms with Crippen molar-refractivity contribution in [3.8, 4) is 43.7 Å². The average molecular weight is 751 g/mol. The predicted octanol–water partition coefficient (Wildman–Crippen LogP) is 13.4. The third kappa shape index (κ3) is 4.54. The van der Waals surface area contributed by atoms with E-state index in [4.69, 9.17) is 15.0 Å². The number of nitrogens with zero attached hydrogens (tertiary/aromatic N) is 4. The zero-order valence-corrected chi connectivity index (χ0v) is 31.6. The van der Waals surface area contributed by atoms with Gasteiger partial charge < -0.3 is 0 Å². The highest BCUT2D eigenvalue weighted by atomic mass is 32.1. The van der Waals surface area contributed by atoms with E-state index in [1.165, 1.54) is 59.1 Å². The molecule has 4 heterocycles. The second kappa shape index (κ2) is 12.1. The molecule has 1 aliphatic carbocycles. The van der Waals surface area contributed by atoms with Crippen LogP contribution in [-0.4, -0.2) is 15.0 Å². The van der Waals surface area contributed by atoms with Gasteiger partial charge >= 0.3 is 0 Å². The Morgan fingerprint density at radius 2 is 0.786 bits per heavy atom. The van der Waals surface area contributed by atoms with E-state index in [1.54, 1.807) is 0 Å². The van der Waals surface area contributed by atoms with Gasteiger partial charge in [0.15, 0.2) is 11.6 Å². The van der Waals surface area contributed by atoms with E-state index in [0.29, 0.717) is 17.6 Å². The summed E-state index contributed by atoms with van der Waals surface area (Å²) >= 11 is 3.69. The topological polar surface area (TPSA) is 41.9 Å². The average Bonchev–Trinajstić information content (AvgIpc) is 4.00. The van der Waals surface area contributed by atoms with E-state index >= 15 is 0 Å². The molecule has 7 aromatic carbocycles. The number of hydrogen-bond donors (Lipinski definition) is 0. The van der Waals surface area contributed by atoms with Crippen molar-refractivity contribution in [3.63, 3.8) is 0 Å². The zero-order valence-electron chi connectivity index (χ0n) is 29.9. The van der Waals surface area contributed by atoms with Gasteiger partial charge in [-0.3, -0.25) is 4.90 Å². The van der Waals surface area contributed by atoms with Crippen LogP contribution in [0.15, 0.2) is 181 Å². The van der Waals surface area contributed by atoms with Crippen molar-refractivity contribution in [1.82, 2.24) is 15.0 Å². The van der Waals surface area contributed by atoms with Crippen LogP contribution in [0.5, 0.6) is 0 Å². The van der Waals surface area contributed by atoms with E-state index < -0.39 is 5.41 Å². The van der Waals surface area contributed by atoms with Crippen molar-refractivity contribution in [1.29, 1.82) is 0 Å². The first kappa shape index (κ1) is 31.6. The summed E-state index contributed by atoms with van der Waals surface area (Å²) in [6.45, 7) is 0. The number of rotatable bonds is 4. The molecule has 0 unspecified atom stereocenters. The van der Waals surface area contributed by atoms with Crippen molar-refractivity contribution < 1.29 is 0 Å². The number of fused-ring (bicyclic) bond motifs is 11. The summed E-state index contributed by atoms with van der Waals surface area (Å²) < 4.78 is 0. The summed E-state index contributed by atoms with van der Waals surface area (Å²) in [5.41, 5.74) is 10.9. The van der Waals surface area contributed by atoms with Crippen LogP contribution in [0, 0.1) is 0 Å². The first-order valence-corrected chi connectivity index (χ1v) is 20.5. The summed E-state index contributed by atoms with van der Waals surface area (Å²) in [6, 6.07) is 60.9. The van der Waals surface area contributed by atoms with Gasteiger partial charge in [0.25, 0.3) is 0 Å². The van der Waals surface area contributed by atoms with Crippen molar-refractivity contribution in [2.75, 3.05) is 4.90 Å². The minimum absolute atomic E-state index is 0.523. The van der Waals surface area contributed by atoms with Crippen molar-refractivity contribution in [2.45, 2.75) is 5.41 Å². The van der Waals surface area contributed by atoms with Gasteiger partial charge in [0, 0.05) is 20.9 Å². The summed E-state index contributed by atoms with van der Waals surface area (Å²) in [4.78, 5) is 20.9. The van der Waals surface area contributed by atoms with Crippen LogP contribution < -0.4 is 4.90 Å². The molecule has 0 saturated carbocycles. The molecule has 0 N–H and O–H groups in total. The number of benzene rings is 7. The minimum atomic E-state index is -0.523. The lowest BCUT2D eigenvalue weighted by atomic mass is 9.65. The van der Waals surface area contributed by atoms with Gasteiger partial charge in [0.05, 0.1) is 16.8 Å². The Balaban J connectivity index is 1.17. The summed E-state index contributed by atoms with van der Waals surface area (Å²) in [5, 5.41) is 9.26. The molecule has 0 radical (unpaired) electrons. The predicted molar refractivity (Wildman–Crippen MR) is 232 cm³/mol. The van der Waals surface area contributed by atoms with Gasteiger partial charge in [0.1, 0.15) is 0 Å². The SMILES string of the molecule is c1ccc(-c2ccc(-c3nc(-c4ccccc4)nc(N4c5cc6ccccc6cc5C5(c6cc7ccccc7cc64)c4ccsc4-c4sccc45)n3)cc2)cc1. The molecular formula is C50H30N4S2. The van der Waals surface area contributed by atoms with E-state index in [2.05, 4.69) is 161 Å². The molecule has 0 amide bonds. The highest BCUT2D eigenvalue weighted by molar-refractivity contribution is 7.21. The number of thiophene rings is 2. The van der Waals surface area contributed by atoms with Crippen LogP contribution in [-0.2, 0) is 5.41 Å². The number of hydrogen-bond acceptors (Lipinski definition) is 6. The molecule has 10 aromatic rings. The first-order valence-electron chi connectivity index (χ1n) is 18.7. The molecule has 1 aliphatic heterocycles. The van der Waals surface area contributed by atoms with E-state index in [0.717, 1.165) is 28.1 Å². The fraction of sp³-hybridized carbons (Fsp3) is 0.0200. The molecule has 0 saturated heterocycles. The molecule has 0 atom stereocenters. The molecule has 56 heavy (non-hydrogen) atoms.